The molecule has 2 atom stereocenters. The molecule has 2 unspecified atom stereocenters. The van der Waals surface area contributed by atoms with Crippen LogP contribution in [0.15, 0.2) is 18.3 Å². The van der Waals surface area contributed by atoms with E-state index in [1.807, 2.05) is 20.8 Å². The average molecular weight is 373 g/mol. The number of nitrogens with zero attached hydrogens (tertiary/aromatic N) is 2. The van der Waals surface area contributed by atoms with Crippen LogP contribution < -0.4 is 5.32 Å². The van der Waals surface area contributed by atoms with Gasteiger partial charge in [-0.05, 0) is 51.7 Å². The van der Waals surface area contributed by atoms with Gasteiger partial charge in [0.15, 0.2) is 0 Å². The number of rotatable bonds is 3. The van der Waals surface area contributed by atoms with Crippen LogP contribution in [0.25, 0.3) is 0 Å². The largest absolute Gasteiger partial charge is 0.444 e. The summed E-state index contributed by atoms with van der Waals surface area (Å²) in [5, 5.41) is 3.03. The predicted molar refractivity (Wildman–Crippen MR) is 92.9 cm³/mol. The highest BCUT2D eigenvalue weighted by Crippen LogP contribution is 2.29. The van der Waals surface area contributed by atoms with Gasteiger partial charge in [-0.25, -0.2) is 9.78 Å². The van der Waals surface area contributed by atoms with E-state index in [2.05, 4.69) is 17.2 Å². The highest BCUT2D eigenvalue weighted by molar-refractivity contribution is 5.68. The van der Waals surface area contributed by atoms with Crippen molar-refractivity contribution in [3.8, 4) is 0 Å². The Bertz CT molecular complexity index is 612. The minimum atomic E-state index is -4.40. The molecule has 0 spiro atoms. The van der Waals surface area contributed by atoms with Gasteiger partial charge in [-0.2, -0.15) is 13.2 Å². The molecule has 146 valence electrons. The number of likely N-dealkylation sites (tertiary alicyclic amines) is 1. The zero-order chi connectivity index (χ0) is 19.5. The van der Waals surface area contributed by atoms with Crippen molar-refractivity contribution in [2.24, 2.45) is 5.92 Å². The highest BCUT2D eigenvalue weighted by atomic mass is 19.4. The molecule has 0 aliphatic carbocycles. The van der Waals surface area contributed by atoms with Crippen LogP contribution in [0.2, 0.25) is 0 Å². The van der Waals surface area contributed by atoms with Gasteiger partial charge in [0, 0.05) is 19.3 Å². The number of carbonyl (C=O) groups excluding carboxylic acids is 1. The lowest BCUT2D eigenvalue weighted by Gasteiger charge is -2.39. The first-order valence-corrected chi connectivity index (χ1v) is 8.72. The third-order valence-corrected chi connectivity index (χ3v) is 4.18. The Morgan fingerprint density at radius 1 is 1.31 bits per heavy atom. The molecule has 1 aliphatic rings. The summed E-state index contributed by atoms with van der Waals surface area (Å²) in [5.41, 5.74) is -1.37. The summed E-state index contributed by atoms with van der Waals surface area (Å²) >= 11 is 0. The van der Waals surface area contributed by atoms with Gasteiger partial charge >= 0.3 is 12.3 Å². The number of alkyl halides is 3. The first-order valence-electron chi connectivity index (χ1n) is 8.72. The Morgan fingerprint density at radius 2 is 2.00 bits per heavy atom. The van der Waals surface area contributed by atoms with Crippen molar-refractivity contribution in [3.63, 3.8) is 0 Å². The Balaban J connectivity index is 2.00. The standard InChI is InChI=1S/C18H26F3N3O2/c1-12-5-7-14(24(11-12)16(25)26-17(2,3)4)10-23-15-8-6-13(9-22-15)18(19,20)21/h6,8-9,12,14H,5,7,10-11H2,1-4H3,(H,22,23). The lowest BCUT2D eigenvalue weighted by atomic mass is 9.94. The number of carbonyl (C=O) groups is 1. The third-order valence-electron chi connectivity index (χ3n) is 4.18. The molecule has 1 aromatic heterocycles. The van der Waals surface area contributed by atoms with Crippen LogP contribution in [-0.2, 0) is 10.9 Å². The Kier molecular flexibility index (Phi) is 6.03. The first-order chi connectivity index (χ1) is 12.0. The quantitative estimate of drug-likeness (QED) is 0.845. The van der Waals surface area contributed by atoms with Gasteiger partial charge < -0.3 is 15.0 Å². The van der Waals surface area contributed by atoms with Crippen molar-refractivity contribution < 1.29 is 22.7 Å². The minimum Gasteiger partial charge on any atom is -0.444 e. The summed E-state index contributed by atoms with van der Waals surface area (Å²) < 4.78 is 43.2. The fourth-order valence-corrected chi connectivity index (χ4v) is 2.85. The summed E-state index contributed by atoms with van der Waals surface area (Å²) in [6.07, 6.45) is -2.19. The number of nitrogens with one attached hydrogen (secondary N) is 1. The number of ether oxygens (including phenoxy) is 1. The zero-order valence-corrected chi connectivity index (χ0v) is 15.6. The molecule has 1 amide bonds. The molecule has 0 aromatic carbocycles. The number of anilines is 1. The molecular weight excluding hydrogens is 347 g/mol. The number of halogens is 3. The van der Waals surface area contributed by atoms with Gasteiger partial charge in [0.05, 0.1) is 11.6 Å². The van der Waals surface area contributed by atoms with E-state index < -0.39 is 17.3 Å². The summed E-state index contributed by atoms with van der Waals surface area (Å²) in [7, 11) is 0. The van der Waals surface area contributed by atoms with Crippen molar-refractivity contribution in [1.29, 1.82) is 0 Å². The molecule has 0 radical (unpaired) electrons. The molecule has 5 nitrogen and oxygen atoms in total. The van der Waals surface area contributed by atoms with Crippen LogP contribution in [0.3, 0.4) is 0 Å². The normalized spacial score (nSPS) is 21.4. The van der Waals surface area contributed by atoms with Crippen molar-refractivity contribution >= 4 is 11.9 Å². The molecule has 0 saturated carbocycles. The van der Waals surface area contributed by atoms with Crippen LogP contribution in [0.1, 0.15) is 46.1 Å². The van der Waals surface area contributed by atoms with E-state index in [-0.39, 0.29) is 12.1 Å². The zero-order valence-electron chi connectivity index (χ0n) is 15.6. The smallest absolute Gasteiger partial charge is 0.417 e. The monoisotopic (exact) mass is 373 g/mol. The summed E-state index contributed by atoms with van der Waals surface area (Å²) in [6.45, 7) is 8.54. The van der Waals surface area contributed by atoms with Crippen LogP contribution in [0.5, 0.6) is 0 Å². The van der Waals surface area contributed by atoms with Gasteiger partial charge in [0.25, 0.3) is 0 Å². The topological polar surface area (TPSA) is 54.5 Å². The van der Waals surface area contributed by atoms with E-state index >= 15 is 0 Å². The molecule has 1 saturated heterocycles. The van der Waals surface area contributed by atoms with Crippen LogP contribution in [0.4, 0.5) is 23.8 Å². The molecule has 1 N–H and O–H groups in total. The van der Waals surface area contributed by atoms with Crippen molar-refractivity contribution in [1.82, 2.24) is 9.88 Å². The molecule has 8 heteroatoms. The van der Waals surface area contributed by atoms with Gasteiger partial charge in [-0.15, -0.1) is 0 Å². The predicted octanol–water partition coefficient (Wildman–Crippen LogP) is 4.55. The van der Waals surface area contributed by atoms with E-state index in [0.29, 0.717) is 24.8 Å². The summed E-state index contributed by atoms with van der Waals surface area (Å²) in [6, 6.07) is 2.20. The van der Waals surface area contributed by atoms with Crippen molar-refractivity contribution in [3.05, 3.63) is 23.9 Å². The molecule has 1 aliphatic heterocycles. The van der Waals surface area contributed by atoms with Gasteiger partial charge in [0.1, 0.15) is 11.4 Å². The van der Waals surface area contributed by atoms with Gasteiger partial charge in [-0.1, -0.05) is 6.92 Å². The second-order valence-electron chi connectivity index (χ2n) is 7.78. The lowest BCUT2D eigenvalue weighted by Crippen LogP contribution is -2.51. The molecule has 1 fully saturated rings. The SMILES string of the molecule is CC1CCC(CNc2ccc(C(F)(F)F)cn2)N(C(=O)OC(C)(C)C)C1. The molecule has 26 heavy (non-hydrogen) atoms. The Labute approximate surface area is 151 Å². The van der Waals surface area contributed by atoms with E-state index in [0.717, 1.165) is 25.1 Å². The van der Waals surface area contributed by atoms with Crippen LogP contribution >= 0.6 is 0 Å². The number of aromatic nitrogens is 1. The molecule has 2 rings (SSSR count). The minimum absolute atomic E-state index is 0.0925. The highest BCUT2D eigenvalue weighted by Gasteiger charge is 2.33. The maximum atomic E-state index is 12.6. The fraction of sp³-hybridized carbons (Fsp3) is 0.667. The fourth-order valence-electron chi connectivity index (χ4n) is 2.85. The van der Waals surface area contributed by atoms with Gasteiger partial charge in [0.2, 0.25) is 0 Å². The Morgan fingerprint density at radius 3 is 2.54 bits per heavy atom. The molecule has 2 heterocycles. The number of hydrogen-bond acceptors (Lipinski definition) is 4. The molecule has 1 aromatic rings. The maximum absolute atomic E-state index is 12.6. The van der Waals surface area contributed by atoms with Crippen molar-refractivity contribution in [2.75, 3.05) is 18.4 Å². The average Bonchev–Trinajstić information content (AvgIpc) is 2.51. The van der Waals surface area contributed by atoms with Crippen molar-refractivity contribution in [2.45, 2.75) is 58.4 Å². The third kappa shape index (κ3) is 5.78. The first kappa shape index (κ1) is 20.3. The van der Waals surface area contributed by atoms with E-state index in [9.17, 15) is 18.0 Å². The van der Waals surface area contributed by atoms with E-state index in [1.54, 1.807) is 4.90 Å². The van der Waals surface area contributed by atoms with E-state index in [1.165, 1.54) is 6.07 Å². The number of piperidine rings is 1. The second kappa shape index (κ2) is 7.72. The van der Waals surface area contributed by atoms with Crippen LogP contribution in [0, 0.1) is 5.92 Å². The number of amides is 1. The molecular formula is C18H26F3N3O2. The summed E-state index contributed by atoms with van der Waals surface area (Å²) in [4.78, 5) is 18.0. The maximum Gasteiger partial charge on any atom is 0.417 e. The second-order valence-corrected chi connectivity index (χ2v) is 7.78. The molecule has 0 bridgehead atoms. The Hall–Kier alpha value is -1.99. The number of pyridine rings is 1. The lowest BCUT2D eigenvalue weighted by molar-refractivity contribution is -0.137. The van der Waals surface area contributed by atoms with Gasteiger partial charge in [-0.3, -0.25) is 0 Å². The number of hydrogen-bond donors (Lipinski definition) is 1. The van der Waals surface area contributed by atoms with E-state index in [4.69, 9.17) is 4.74 Å². The summed E-state index contributed by atoms with van der Waals surface area (Å²) in [5.74, 6) is 0.726. The van der Waals surface area contributed by atoms with Crippen LogP contribution in [-0.4, -0.2) is 40.7 Å².